The molecule has 692 valence electrons. The number of sulfone groups is 3. The number of anilines is 12. The number of urea groups is 1. The van der Waals surface area contributed by atoms with E-state index in [9.17, 15) is 38.5 Å². The smallest absolute Gasteiger partial charge is 0.317 e. The molecule has 2 aliphatic heterocycles. The minimum Gasteiger partial charge on any atom is -0.488 e. The quantitative estimate of drug-likeness (QED) is 0.0206. The maximum atomic E-state index is 13.1. The van der Waals surface area contributed by atoms with Crippen LogP contribution in [0.25, 0.3) is 0 Å². The summed E-state index contributed by atoms with van der Waals surface area (Å²) in [5.74, 6) is 4.80. The summed E-state index contributed by atoms with van der Waals surface area (Å²) in [5, 5.41) is 34.0. The monoisotopic (exact) mass is 1890 g/mol. The van der Waals surface area contributed by atoms with E-state index in [1.807, 2.05) is 49.9 Å². The zero-order valence-electron chi connectivity index (χ0n) is 74.8. The van der Waals surface area contributed by atoms with Crippen LogP contribution in [-0.2, 0) is 53.6 Å². The van der Waals surface area contributed by atoms with Crippen LogP contribution in [0.1, 0.15) is 203 Å². The van der Waals surface area contributed by atoms with Crippen molar-refractivity contribution in [1.29, 1.82) is 0 Å². The molecule has 41 heteroatoms. The van der Waals surface area contributed by atoms with Gasteiger partial charge in [-0.05, 0) is 253 Å². The first-order valence-corrected chi connectivity index (χ1v) is 51.6. The summed E-state index contributed by atoms with van der Waals surface area (Å²) in [7, 11) is -6.46. The Morgan fingerprint density at radius 1 is 0.492 bits per heavy atom. The van der Waals surface area contributed by atoms with Crippen molar-refractivity contribution in [2.75, 3.05) is 90.7 Å². The molecule has 6 aromatic heterocycles. The van der Waals surface area contributed by atoms with E-state index in [4.69, 9.17) is 49.0 Å². The molecule has 0 spiro atoms. The van der Waals surface area contributed by atoms with Crippen molar-refractivity contribution >= 4 is 150 Å². The van der Waals surface area contributed by atoms with Gasteiger partial charge in [0.1, 0.15) is 32.3 Å². The molecule has 8 heterocycles. The van der Waals surface area contributed by atoms with Crippen LogP contribution in [0.3, 0.4) is 0 Å². The van der Waals surface area contributed by atoms with Crippen LogP contribution in [-0.4, -0.2) is 207 Å². The first kappa shape index (κ1) is 94.7. The number of hydrogen-bond acceptors (Lipinski definition) is 28. The Kier molecular flexibility index (Phi) is 29.4. The Labute approximate surface area is 765 Å². The second-order valence-electron chi connectivity index (χ2n) is 35.5. The maximum Gasteiger partial charge on any atom is 0.317 e. The van der Waals surface area contributed by atoms with Crippen LogP contribution in [0.4, 0.5) is 74.2 Å². The zero-order chi connectivity index (χ0) is 91.6. The second kappa shape index (κ2) is 39.7. The van der Waals surface area contributed by atoms with E-state index in [-0.39, 0.29) is 113 Å². The number of nitrogens with one attached hydrogen (secondary N) is 7. The van der Waals surface area contributed by atoms with E-state index in [1.165, 1.54) is 68.0 Å². The number of aromatic nitrogens is 12. The number of likely N-dealkylation sites (tertiary alicyclic amines) is 1. The van der Waals surface area contributed by atoms with E-state index < -0.39 is 50.0 Å². The summed E-state index contributed by atoms with van der Waals surface area (Å²) in [5.41, 5.74) is 9.07. The maximum absolute atomic E-state index is 13.1. The molecular weight excluding hydrogens is 1780 g/mol. The highest BCUT2D eigenvalue weighted by Gasteiger charge is 2.37. The molecule has 0 bridgehead atoms. The first-order chi connectivity index (χ1) is 60.7. The average molecular weight is 1900 g/mol. The van der Waals surface area contributed by atoms with Gasteiger partial charge in [0.15, 0.2) is 27.3 Å². The van der Waals surface area contributed by atoms with Crippen molar-refractivity contribution in [2.24, 2.45) is 20.0 Å². The molecule has 5 aliphatic carbocycles. The molecule has 7 N–H and O–H groups in total. The Morgan fingerprint density at radius 2 is 0.906 bits per heavy atom. The third-order valence-corrected chi connectivity index (χ3v) is 31.9. The van der Waals surface area contributed by atoms with Crippen molar-refractivity contribution in [3.63, 3.8) is 0 Å². The van der Waals surface area contributed by atoms with Crippen molar-refractivity contribution in [3.05, 3.63) is 123 Å². The van der Waals surface area contributed by atoms with E-state index in [1.54, 1.807) is 65.1 Å². The van der Waals surface area contributed by atoms with Gasteiger partial charge in [0.2, 0.25) is 62.6 Å². The third-order valence-electron chi connectivity index (χ3n) is 23.6. The van der Waals surface area contributed by atoms with Crippen LogP contribution in [0.2, 0.25) is 15.1 Å². The number of halogens is 3. The number of sulfonamides is 1. The van der Waals surface area contributed by atoms with Crippen LogP contribution < -0.4 is 51.4 Å². The number of rotatable bonds is 32. The lowest BCUT2D eigenvalue weighted by atomic mass is 9.80. The lowest BCUT2D eigenvalue weighted by Gasteiger charge is -2.33. The Bertz CT molecular complexity index is 6000. The van der Waals surface area contributed by atoms with Gasteiger partial charge in [-0.2, -0.15) is 30.2 Å². The fourth-order valence-corrected chi connectivity index (χ4v) is 21.0. The molecule has 9 aromatic rings. The summed E-state index contributed by atoms with van der Waals surface area (Å²) in [4.78, 5) is 43.3. The number of piperidine rings is 2. The normalized spacial score (nSPS) is 18.0. The number of ether oxygens (including phenoxy) is 3. The molecule has 2 saturated heterocycles. The molecule has 3 aromatic carbocycles. The van der Waals surface area contributed by atoms with Gasteiger partial charge in [-0.15, -0.1) is 0 Å². The fraction of sp³-hybridized carbons (Fsp3) is 0.540. The van der Waals surface area contributed by atoms with Crippen LogP contribution in [0, 0.1) is 19.8 Å². The molecule has 0 unspecified atom stereocenters. The van der Waals surface area contributed by atoms with Crippen molar-refractivity contribution < 1.29 is 52.7 Å². The number of carbonyl (C=O) groups is 1. The highest BCUT2D eigenvalue weighted by atomic mass is 35.5. The Morgan fingerprint density at radius 3 is 1.33 bits per heavy atom. The summed E-state index contributed by atoms with van der Waals surface area (Å²) < 4.78 is 127. The molecule has 16 rings (SSSR count). The van der Waals surface area contributed by atoms with Crippen LogP contribution in [0.15, 0.2) is 94.7 Å². The van der Waals surface area contributed by atoms with Crippen molar-refractivity contribution in [2.45, 2.75) is 239 Å². The second-order valence-corrected chi connectivity index (χ2v) is 45.5. The summed E-state index contributed by atoms with van der Waals surface area (Å²) >= 11 is 19.3. The van der Waals surface area contributed by atoms with E-state index >= 15 is 0 Å². The number of hydrogen-bond donors (Lipinski definition) is 7. The minimum absolute atomic E-state index is 0.00639. The van der Waals surface area contributed by atoms with Gasteiger partial charge in [-0.3, -0.25) is 14.0 Å². The van der Waals surface area contributed by atoms with Gasteiger partial charge in [0.05, 0.1) is 106 Å². The standard InChI is InChI=1S/C30H42ClN7O3S.C29H39ClN8O4S.C28H36ClN7O5S2/c1-18(2)17-42(39,40)29-26(16-38(6)36-29)33-28-24(31)15-32-30(35-28)34-25-13-19(3)23(14-27(25)41-22-11-12-22)20-7-9-21(10-8-20)37(4)5;1-6-31-29(39)38-11-9-19(10-12-38)21-14-25(42-20-7-8-20)23(13-18(21)4)34-28-32-15-22(30)26(35-28)33-24-16-37(5)36-27(24)43(40,41)17(2)3;1-17(2)43(39,40)27-24(16-36(34-27)20-5-6-20)31-26-22(29)15-30-28(33-26)32-23-9-4-19(14-25(23)41-21-7-8-21)18-10-12-35(13-11-18)42(3,37)38/h13-16,18,20-22H,7-12,17H2,1-6H3,(H2,32,33,34,35);13-17,19-20H,6-12H2,1-5H3,(H,31,39)(H2,32,33,34,35);4,9,14-18,20-21H,5-8,10-13H2,1-3H3,(H2,30,31,32,33). The molecule has 2 amide bonds. The third kappa shape index (κ3) is 23.7. The number of benzene rings is 3. The Hall–Kier alpha value is -9.41. The van der Waals surface area contributed by atoms with Gasteiger partial charge in [0, 0.05) is 65.3 Å². The highest BCUT2D eigenvalue weighted by molar-refractivity contribution is 7.92. The predicted octanol–water partition coefficient (Wildman–Crippen LogP) is 16.5. The van der Waals surface area contributed by atoms with Gasteiger partial charge in [-0.25, -0.2) is 57.7 Å². The molecule has 0 radical (unpaired) electrons. The molecule has 128 heavy (non-hydrogen) atoms. The molecular formula is C87H117Cl3N22O12S4. The lowest BCUT2D eigenvalue weighted by Crippen LogP contribution is -2.44. The summed E-state index contributed by atoms with van der Waals surface area (Å²) in [6.07, 6.45) is 27.0. The number of aryl methyl sites for hydroxylation is 4. The van der Waals surface area contributed by atoms with Gasteiger partial charge >= 0.3 is 6.03 Å². The highest BCUT2D eigenvalue weighted by Crippen LogP contribution is 2.47. The predicted molar refractivity (Wildman–Crippen MR) is 499 cm³/mol. The molecule has 7 fully saturated rings. The van der Waals surface area contributed by atoms with Gasteiger partial charge in [-0.1, -0.05) is 54.7 Å². The summed E-state index contributed by atoms with van der Waals surface area (Å²) in [6, 6.07) is 15.3. The van der Waals surface area contributed by atoms with Crippen molar-refractivity contribution in [1.82, 2.24) is 78.7 Å². The zero-order valence-corrected chi connectivity index (χ0v) is 80.3. The lowest BCUT2D eigenvalue weighted by molar-refractivity contribution is 0.182. The van der Waals surface area contributed by atoms with E-state index in [0.29, 0.717) is 79.4 Å². The largest absolute Gasteiger partial charge is 0.488 e. The van der Waals surface area contributed by atoms with Gasteiger partial charge < -0.3 is 61.2 Å². The minimum atomic E-state index is -3.66. The fourth-order valence-electron chi connectivity index (χ4n) is 15.8. The Balaban J connectivity index is 0.000000155. The van der Waals surface area contributed by atoms with Crippen LogP contribution >= 0.6 is 34.8 Å². The topological polar surface area (TPSA) is 406 Å². The molecule has 5 saturated carbocycles. The number of amides is 2. The first-order valence-electron chi connectivity index (χ1n) is 43.9. The summed E-state index contributed by atoms with van der Waals surface area (Å²) in [6.45, 7) is 19.4. The average Bonchev–Trinajstić information content (AvgIpc) is 1.38. The number of nitrogens with zero attached hydrogens (tertiary/aromatic N) is 15. The molecule has 0 atom stereocenters. The van der Waals surface area contributed by atoms with E-state index in [0.717, 1.165) is 124 Å². The number of carbonyl (C=O) groups excluding carboxylic acids is 1. The van der Waals surface area contributed by atoms with Crippen LogP contribution in [0.5, 0.6) is 17.2 Å². The van der Waals surface area contributed by atoms with E-state index in [2.05, 4.69) is 133 Å². The molecule has 7 aliphatic rings. The SMILES string of the molecule is CC(C)S(=O)(=O)c1nn(C2CC2)cc1Nc1nc(Nc2ccc(C3CCN(S(C)(=O)=O)CC3)cc2OC2CC2)ncc1Cl.CCNC(=O)N1CCC(c2cc(OC3CC3)c(Nc3ncc(Cl)c(Nc4cn(C)nc4S(=O)(=O)C(C)C)n3)cc2C)CC1.Cc1cc(Nc2ncc(Cl)c(Nc3cn(C)nc3S(=O)(=O)CC(C)C)n2)c(OC2CC2)cc1C1CCC(N(C)C)CC1. The molecule has 34 nitrogen and oxygen atoms in total. The van der Waals surface area contributed by atoms with Gasteiger partial charge in [0.25, 0.3) is 0 Å². The van der Waals surface area contributed by atoms with Crippen molar-refractivity contribution in [3.8, 4) is 17.2 Å².